The summed E-state index contributed by atoms with van der Waals surface area (Å²) in [4.78, 5) is 11.7. The van der Waals surface area contributed by atoms with Gasteiger partial charge in [-0.15, -0.1) is 0 Å². The van der Waals surface area contributed by atoms with Gasteiger partial charge in [0.1, 0.15) is 5.76 Å². The van der Waals surface area contributed by atoms with Crippen LogP contribution in [0.25, 0.3) is 0 Å². The lowest BCUT2D eigenvalue weighted by Crippen LogP contribution is -2.41. The van der Waals surface area contributed by atoms with E-state index in [0.717, 1.165) is 6.42 Å². The van der Waals surface area contributed by atoms with Crippen LogP contribution in [0.5, 0.6) is 0 Å². The molecule has 0 radical (unpaired) electrons. The number of nitrogens with two attached hydrogens (primary N) is 1. The second-order valence-corrected chi connectivity index (χ2v) is 4.74. The average Bonchev–Trinajstić information content (AvgIpc) is 2.62. The number of aryl methyl sites for hydroxylation is 1. The van der Waals surface area contributed by atoms with Crippen molar-refractivity contribution in [2.75, 3.05) is 6.54 Å². The minimum Gasteiger partial charge on any atom is -0.361 e. The number of aromatic nitrogens is 1. The zero-order valence-corrected chi connectivity index (χ0v) is 10.7. The van der Waals surface area contributed by atoms with Gasteiger partial charge in [0.25, 0.3) is 0 Å². The Kier molecular flexibility index (Phi) is 5.15. The largest absolute Gasteiger partial charge is 0.361 e. The van der Waals surface area contributed by atoms with E-state index in [1.54, 1.807) is 13.0 Å². The molecule has 0 aliphatic heterocycles. The summed E-state index contributed by atoms with van der Waals surface area (Å²) in [5, 5.41) is 6.69. The van der Waals surface area contributed by atoms with Crippen molar-refractivity contribution in [1.29, 1.82) is 0 Å². The Morgan fingerprint density at radius 1 is 1.59 bits per heavy atom. The predicted molar refractivity (Wildman–Crippen MR) is 65.4 cm³/mol. The van der Waals surface area contributed by atoms with Crippen molar-refractivity contribution in [3.63, 3.8) is 0 Å². The molecule has 0 fully saturated rings. The molecular formula is C12H21N3O2. The molecule has 1 aromatic heterocycles. The summed E-state index contributed by atoms with van der Waals surface area (Å²) in [5.41, 5.74) is 6.27. The maximum Gasteiger partial charge on any atom is 0.226 e. The van der Waals surface area contributed by atoms with E-state index in [9.17, 15) is 4.79 Å². The molecular weight excluding hydrogens is 218 g/mol. The van der Waals surface area contributed by atoms with Crippen LogP contribution in [0.1, 0.15) is 31.7 Å². The second-order valence-electron chi connectivity index (χ2n) is 4.74. The van der Waals surface area contributed by atoms with E-state index in [2.05, 4.69) is 24.3 Å². The minimum absolute atomic E-state index is 0.0375. The fraction of sp³-hybridized carbons (Fsp3) is 0.667. The van der Waals surface area contributed by atoms with Crippen LogP contribution in [0.4, 0.5) is 0 Å². The Balaban J connectivity index is 2.42. The summed E-state index contributed by atoms with van der Waals surface area (Å²) >= 11 is 0. The smallest absolute Gasteiger partial charge is 0.226 e. The first-order valence-electron chi connectivity index (χ1n) is 5.93. The minimum atomic E-state index is -0.0607. The molecule has 0 aliphatic rings. The van der Waals surface area contributed by atoms with E-state index >= 15 is 0 Å². The van der Waals surface area contributed by atoms with Gasteiger partial charge in [0.05, 0.1) is 12.1 Å². The van der Waals surface area contributed by atoms with Crippen LogP contribution in [0.2, 0.25) is 0 Å². The normalized spacial score (nSPS) is 12.8. The molecule has 0 aromatic carbocycles. The molecule has 1 atom stereocenters. The van der Waals surface area contributed by atoms with E-state index in [-0.39, 0.29) is 18.4 Å². The third-order valence-corrected chi connectivity index (χ3v) is 2.42. The van der Waals surface area contributed by atoms with Crippen molar-refractivity contribution in [1.82, 2.24) is 10.5 Å². The number of carbonyl (C=O) groups is 1. The zero-order valence-electron chi connectivity index (χ0n) is 10.7. The Labute approximate surface area is 102 Å². The van der Waals surface area contributed by atoms with E-state index in [1.165, 1.54) is 0 Å². The fourth-order valence-electron chi connectivity index (χ4n) is 1.73. The highest BCUT2D eigenvalue weighted by atomic mass is 16.5. The number of rotatable bonds is 6. The van der Waals surface area contributed by atoms with Gasteiger partial charge in [0.2, 0.25) is 5.91 Å². The molecule has 1 rings (SSSR count). The van der Waals surface area contributed by atoms with Crippen LogP contribution in [0.3, 0.4) is 0 Å². The Morgan fingerprint density at radius 2 is 2.29 bits per heavy atom. The predicted octanol–water partition coefficient (Wildman–Crippen LogP) is 1.02. The highest BCUT2D eigenvalue weighted by molar-refractivity contribution is 5.78. The summed E-state index contributed by atoms with van der Waals surface area (Å²) in [5.74, 6) is 1.16. The molecule has 0 bridgehead atoms. The third-order valence-electron chi connectivity index (χ3n) is 2.42. The molecule has 1 amide bonds. The summed E-state index contributed by atoms with van der Waals surface area (Å²) in [6, 6.07) is 1.80. The van der Waals surface area contributed by atoms with Crippen LogP contribution < -0.4 is 11.1 Å². The van der Waals surface area contributed by atoms with Crippen molar-refractivity contribution in [3.05, 3.63) is 17.5 Å². The van der Waals surface area contributed by atoms with Crippen LogP contribution in [-0.2, 0) is 11.2 Å². The van der Waals surface area contributed by atoms with E-state index in [0.29, 0.717) is 23.9 Å². The molecule has 0 saturated carbocycles. The van der Waals surface area contributed by atoms with Gasteiger partial charge in [-0.05, 0) is 19.3 Å². The summed E-state index contributed by atoms with van der Waals surface area (Å²) in [6.45, 7) is 6.48. The van der Waals surface area contributed by atoms with Crippen molar-refractivity contribution in [3.8, 4) is 0 Å². The monoisotopic (exact) mass is 239 g/mol. The number of carbonyl (C=O) groups excluding carboxylic acids is 1. The lowest BCUT2D eigenvalue weighted by molar-refractivity contribution is -0.121. The Bertz CT molecular complexity index is 360. The lowest BCUT2D eigenvalue weighted by Gasteiger charge is -2.18. The quantitative estimate of drug-likeness (QED) is 0.776. The zero-order chi connectivity index (χ0) is 12.8. The second kappa shape index (κ2) is 6.39. The third kappa shape index (κ3) is 4.99. The summed E-state index contributed by atoms with van der Waals surface area (Å²) in [6.07, 6.45) is 1.13. The molecule has 5 heteroatoms. The van der Waals surface area contributed by atoms with Crippen LogP contribution in [-0.4, -0.2) is 23.7 Å². The molecule has 1 unspecified atom stereocenters. The lowest BCUT2D eigenvalue weighted by atomic mass is 10.0. The molecule has 1 aromatic rings. The van der Waals surface area contributed by atoms with Gasteiger partial charge in [-0.1, -0.05) is 19.0 Å². The highest BCUT2D eigenvalue weighted by Gasteiger charge is 2.14. The van der Waals surface area contributed by atoms with Crippen LogP contribution in [0.15, 0.2) is 10.6 Å². The van der Waals surface area contributed by atoms with Gasteiger partial charge >= 0.3 is 0 Å². The molecule has 3 N–H and O–H groups in total. The maximum atomic E-state index is 11.7. The number of hydrogen-bond donors (Lipinski definition) is 2. The van der Waals surface area contributed by atoms with Gasteiger partial charge < -0.3 is 15.6 Å². The van der Waals surface area contributed by atoms with Gasteiger partial charge in [0, 0.05) is 18.7 Å². The molecule has 0 spiro atoms. The number of hydrogen-bond acceptors (Lipinski definition) is 4. The first kappa shape index (κ1) is 13.7. The van der Waals surface area contributed by atoms with Gasteiger partial charge in [-0.25, -0.2) is 0 Å². The standard InChI is InChI=1S/C12H21N3O2/c1-8(2)4-11(7-13)14-12(16)6-10-5-9(3)17-15-10/h5,8,11H,4,6-7,13H2,1-3H3,(H,14,16). The average molecular weight is 239 g/mol. The Hall–Kier alpha value is -1.36. The topological polar surface area (TPSA) is 81.2 Å². The molecule has 1 heterocycles. The number of nitrogens with zero attached hydrogens (tertiary/aromatic N) is 1. The summed E-state index contributed by atoms with van der Waals surface area (Å²) < 4.78 is 4.91. The van der Waals surface area contributed by atoms with Gasteiger partial charge in [0.15, 0.2) is 0 Å². The Morgan fingerprint density at radius 3 is 2.76 bits per heavy atom. The van der Waals surface area contributed by atoms with Crippen LogP contribution >= 0.6 is 0 Å². The van der Waals surface area contributed by atoms with Crippen molar-refractivity contribution < 1.29 is 9.32 Å². The van der Waals surface area contributed by atoms with Crippen molar-refractivity contribution >= 4 is 5.91 Å². The molecule has 0 aliphatic carbocycles. The fourth-order valence-corrected chi connectivity index (χ4v) is 1.73. The number of nitrogens with one attached hydrogen (secondary N) is 1. The van der Waals surface area contributed by atoms with Crippen LogP contribution in [0, 0.1) is 12.8 Å². The van der Waals surface area contributed by atoms with Gasteiger partial charge in [-0.3, -0.25) is 4.79 Å². The van der Waals surface area contributed by atoms with E-state index in [4.69, 9.17) is 10.3 Å². The molecule has 0 saturated heterocycles. The SMILES string of the molecule is Cc1cc(CC(=O)NC(CN)CC(C)C)no1. The molecule has 96 valence electrons. The molecule has 17 heavy (non-hydrogen) atoms. The van der Waals surface area contributed by atoms with E-state index < -0.39 is 0 Å². The van der Waals surface area contributed by atoms with Crippen molar-refractivity contribution in [2.24, 2.45) is 11.7 Å². The summed E-state index contributed by atoms with van der Waals surface area (Å²) in [7, 11) is 0. The maximum absolute atomic E-state index is 11.7. The van der Waals surface area contributed by atoms with Crippen molar-refractivity contribution in [2.45, 2.75) is 39.7 Å². The van der Waals surface area contributed by atoms with E-state index in [1.807, 2.05) is 0 Å². The highest BCUT2D eigenvalue weighted by Crippen LogP contribution is 2.05. The van der Waals surface area contributed by atoms with Gasteiger partial charge in [-0.2, -0.15) is 0 Å². The number of amides is 1. The molecule has 5 nitrogen and oxygen atoms in total. The first-order chi connectivity index (χ1) is 8.01. The first-order valence-corrected chi connectivity index (χ1v) is 5.93.